The molecule has 1 N–H and O–H groups in total. The van der Waals surface area contributed by atoms with E-state index in [1.54, 1.807) is 12.4 Å². The van der Waals surface area contributed by atoms with Crippen LogP contribution >= 0.6 is 0 Å². The van der Waals surface area contributed by atoms with Gasteiger partial charge in [-0.25, -0.2) is 9.67 Å². The second kappa shape index (κ2) is 8.73. The molecule has 1 aromatic carbocycles. The lowest BCUT2D eigenvalue weighted by Gasteiger charge is -2.09. The first-order valence-electron chi connectivity index (χ1n) is 9.93. The molecule has 0 spiro atoms. The zero-order valence-corrected chi connectivity index (χ0v) is 16.9. The van der Waals surface area contributed by atoms with Gasteiger partial charge in [0.1, 0.15) is 5.82 Å². The quantitative estimate of drug-likeness (QED) is 0.450. The Balaban J connectivity index is 1.60. The van der Waals surface area contributed by atoms with E-state index in [0.717, 1.165) is 40.9 Å². The number of H-pyrrole nitrogens is 1. The van der Waals surface area contributed by atoms with Crippen molar-refractivity contribution in [1.82, 2.24) is 40.4 Å². The van der Waals surface area contributed by atoms with E-state index >= 15 is 0 Å². The summed E-state index contributed by atoms with van der Waals surface area (Å²) in [7, 11) is 0. The lowest BCUT2D eigenvalue weighted by atomic mass is 10.0. The normalized spacial score (nSPS) is 11.0. The topological polar surface area (TPSA) is 115 Å². The van der Waals surface area contributed by atoms with Gasteiger partial charge in [0.25, 0.3) is 0 Å². The van der Waals surface area contributed by atoms with E-state index in [0.29, 0.717) is 24.6 Å². The molecule has 152 valence electrons. The van der Waals surface area contributed by atoms with Crippen LogP contribution in [0.4, 0.5) is 0 Å². The minimum atomic E-state index is -0.0352. The van der Waals surface area contributed by atoms with Gasteiger partial charge in [0.05, 0.1) is 6.54 Å². The number of hydrogen-bond acceptors (Lipinski definition) is 7. The fraction of sp³-hybridized carbons (Fsp3) is 0.286. The number of pyridine rings is 1. The van der Waals surface area contributed by atoms with Crippen molar-refractivity contribution in [2.24, 2.45) is 0 Å². The predicted octanol–water partition coefficient (Wildman–Crippen LogP) is 3.11. The molecule has 3 heterocycles. The summed E-state index contributed by atoms with van der Waals surface area (Å²) in [6.07, 6.45) is 5.62. The Morgan fingerprint density at radius 2 is 1.93 bits per heavy atom. The Kier molecular flexibility index (Phi) is 5.69. The Morgan fingerprint density at radius 3 is 2.63 bits per heavy atom. The zero-order chi connectivity index (χ0) is 20.9. The van der Waals surface area contributed by atoms with Crippen molar-refractivity contribution in [2.75, 3.05) is 0 Å². The fourth-order valence-electron chi connectivity index (χ4n) is 3.24. The summed E-state index contributed by atoms with van der Waals surface area (Å²) in [5, 5.41) is 18.7. The smallest absolute Gasteiger partial charge is 0.217 e. The van der Waals surface area contributed by atoms with Crippen LogP contribution in [-0.4, -0.2) is 46.2 Å². The molecule has 0 saturated carbocycles. The highest BCUT2D eigenvalue weighted by Crippen LogP contribution is 2.29. The van der Waals surface area contributed by atoms with Crippen molar-refractivity contribution in [3.05, 3.63) is 59.9 Å². The van der Waals surface area contributed by atoms with Gasteiger partial charge in [-0.3, -0.25) is 9.78 Å². The standard InChI is InChI=1S/C21H22N8O/c1-3-5-19-23-21(18(30)4-2)26-29(19)13-14-6-8-15(9-7-14)17-12-22-11-10-16(17)20-24-27-28-25-20/h6-12H,3-5,13H2,1-2H3,(H,24,25,27,28). The Morgan fingerprint density at radius 1 is 1.10 bits per heavy atom. The van der Waals surface area contributed by atoms with E-state index in [-0.39, 0.29) is 5.78 Å². The molecule has 4 rings (SSSR count). The van der Waals surface area contributed by atoms with Gasteiger partial charge >= 0.3 is 0 Å². The maximum atomic E-state index is 12.0. The summed E-state index contributed by atoms with van der Waals surface area (Å²) in [6, 6.07) is 10.0. The molecule has 0 aliphatic heterocycles. The van der Waals surface area contributed by atoms with Crippen LogP contribution in [0.25, 0.3) is 22.5 Å². The number of aromatic amines is 1. The third-order valence-electron chi connectivity index (χ3n) is 4.80. The van der Waals surface area contributed by atoms with Crippen molar-refractivity contribution >= 4 is 5.78 Å². The monoisotopic (exact) mass is 402 g/mol. The highest BCUT2D eigenvalue weighted by Gasteiger charge is 2.15. The van der Waals surface area contributed by atoms with E-state index in [1.807, 2.05) is 41.9 Å². The molecule has 0 atom stereocenters. The van der Waals surface area contributed by atoms with Crippen LogP contribution in [0.5, 0.6) is 0 Å². The van der Waals surface area contributed by atoms with Crippen molar-refractivity contribution in [1.29, 1.82) is 0 Å². The number of benzene rings is 1. The number of nitrogens with zero attached hydrogens (tertiary/aromatic N) is 7. The number of tetrazole rings is 1. The van der Waals surface area contributed by atoms with Gasteiger partial charge in [-0.1, -0.05) is 38.1 Å². The van der Waals surface area contributed by atoms with Crippen molar-refractivity contribution in [3.63, 3.8) is 0 Å². The van der Waals surface area contributed by atoms with Crippen LogP contribution in [0, 0.1) is 0 Å². The summed E-state index contributed by atoms with van der Waals surface area (Å²) in [4.78, 5) is 20.7. The largest absolute Gasteiger partial charge is 0.291 e. The van der Waals surface area contributed by atoms with Crippen LogP contribution in [0.1, 0.15) is 48.7 Å². The zero-order valence-electron chi connectivity index (χ0n) is 16.9. The van der Waals surface area contributed by atoms with E-state index in [2.05, 4.69) is 42.6 Å². The lowest BCUT2D eigenvalue weighted by Crippen LogP contribution is -2.07. The van der Waals surface area contributed by atoms with E-state index in [4.69, 9.17) is 0 Å². The molecular formula is C21H22N8O. The third-order valence-corrected chi connectivity index (χ3v) is 4.80. The average Bonchev–Trinajstić information content (AvgIpc) is 3.45. The van der Waals surface area contributed by atoms with Crippen molar-refractivity contribution in [2.45, 2.75) is 39.7 Å². The minimum Gasteiger partial charge on any atom is -0.291 e. The highest BCUT2D eigenvalue weighted by atomic mass is 16.1. The number of Topliss-reactive ketones (excluding diaryl/α,β-unsaturated/α-hetero) is 1. The first kappa shape index (κ1) is 19.6. The number of aromatic nitrogens is 8. The molecule has 0 aliphatic carbocycles. The van der Waals surface area contributed by atoms with Gasteiger partial charge in [0.2, 0.25) is 17.4 Å². The Bertz CT molecular complexity index is 1130. The van der Waals surface area contributed by atoms with Crippen LogP contribution in [0.2, 0.25) is 0 Å². The van der Waals surface area contributed by atoms with E-state index in [1.165, 1.54) is 0 Å². The van der Waals surface area contributed by atoms with Gasteiger partial charge in [0.15, 0.2) is 0 Å². The third kappa shape index (κ3) is 4.00. The molecule has 0 amide bonds. The van der Waals surface area contributed by atoms with Gasteiger partial charge in [-0.15, -0.1) is 15.3 Å². The number of carbonyl (C=O) groups is 1. The molecule has 0 fully saturated rings. The minimum absolute atomic E-state index is 0.0352. The molecule has 0 aliphatic rings. The maximum Gasteiger partial charge on any atom is 0.217 e. The number of hydrogen-bond donors (Lipinski definition) is 1. The van der Waals surface area contributed by atoms with Gasteiger partial charge in [-0.2, -0.15) is 5.21 Å². The molecule has 0 saturated heterocycles. The first-order chi connectivity index (χ1) is 14.7. The summed E-state index contributed by atoms with van der Waals surface area (Å²) in [6.45, 7) is 4.47. The van der Waals surface area contributed by atoms with Crippen molar-refractivity contribution in [3.8, 4) is 22.5 Å². The molecular weight excluding hydrogens is 380 g/mol. The molecule has 9 nitrogen and oxygen atoms in total. The molecule has 30 heavy (non-hydrogen) atoms. The van der Waals surface area contributed by atoms with Crippen LogP contribution < -0.4 is 0 Å². The summed E-state index contributed by atoms with van der Waals surface area (Å²) in [5.41, 5.74) is 3.85. The van der Waals surface area contributed by atoms with Gasteiger partial charge < -0.3 is 0 Å². The number of aryl methyl sites for hydroxylation is 1. The van der Waals surface area contributed by atoms with Gasteiger partial charge in [-0.05, 0) is 28.8 Å². The molecule has 4 aromatic rings. The average molecular weight is 402 g/mol. The highest BCUT2D eigenvalue weighted by molar-refractivity contribution is 5.92. The summed E-state index contributed by atoms with van der Waals surface area (Å²) in [5.74, 6) is 1.63. The van der Waals surface area contributed by atoms with Crippen LogP contribution in [0.3, 0.4) is 0 Å². The Labute approximate surface area is 173 Å². The lowest BCUT2D eigenvalue weighted by molar-refractivity contribution is 0.0978. The molecule has 0 bridgehead atoms. The van der Waals surface area contributed by atoms with Crippen LogP contribution in [-0.2, 0) is 13.0 Å². The van der Waals surface area contributed by atoms with Crippen LogP contribution in [0.15, 0.2) is 42.7 Å². The second-order valence-electron chi connectivity index (χ2n) is 6.89. The summed E-state index contributed by atoms with van der Waals surface area (Å²) >= 11 is 0. The second-order valence-corrected chi connectivity index (χ2v) is 6.89. The number of ketones is 1. The summed E-state index contributed by atoms with van der Waals surface area (Å²) < 4.78 is 1.83. The number of nitrogens with one attached hydrogen (secondary N) is 1. The molecule has 0 radical (unpaired) electrons. The number of carbonyl (C=O) groups excluding carboxylic acids is 1. The van der Waals surface area contributed by atoms with E-state index < -0.39 is 0 Å². The predicted molar refractivity (Wildman–Crippen MR) is 111 cm³/mol. The maximum absolute atomic E-state index is 12.0. The number of rotatable bonds is 8. The molecule has 0 unspecified atom stereocenters. The fourth-order valence-corrected chi connectivity index (χ4v) is 3.24. The van der Waals surface area contributed by atoms with Gasteiger partial charge in [0, 0.05) is 36.4 Å². The van der Waals surface area contributed by atoms with E-state index in [9.17, 15) is 4.79 Å². The molecule has 3 aromatic heterocycles. The SMILES string of the molecule is CCCc1nc(C(=O)CC)nn1Cc1ccc(-c2cnccc2-c2nn[nH]n2)cc1. The molecule has 9 heteroatoms. The first-order valence-corrected chi connectivity index (χ1v) is 9.93. The van der Waals surface area contributed by atoms with Crippen molar-refractivity contribution < 1.29 is 4.79 Å². The Hall–Kier alpha value is -3.75.